The van der Waals surface area contributed by atoms with Crippen molar-refractivity contribution < 1.29 is 14.3 Å². The highest BCUT2D eigenvalue weighted by Gasteiger charge is 2.06. The number of halogens is 1. The number of likely N-dealkylation sites (N-methyl/N-ethyl adjacent to an activating group) is 1. The molecule has 0 bridgehead atoms. The minimum atomic E-state index is -0.0725. The molecule has 0 atom stereocenters. The van der Waals surface area contributed by atoms with Crippen molar-refractivity contribution in [1.29, 1.82) is 0 Å². The molecule has 0 saturated heterocycles. The van der Waals surface area contributed by atoms with E-state index in [0.717, 1.165) is 23.4 Å². The molecule has 0 heterocycles. The molecule has 152 valence electrons. The van der Waals surface area contributed by atoms with Crippen molar-refractivity contribution in [3.63, 3.8) is 0 Å². The molecule has 1 aromatic carbocycles. The molecular formula is C19H31IN4O3. The lowest BCUT2D eigenvalue weighted by atomic mass is 10.3. The average Bonchev–Trinajstić information content (AvgIpc) is 2.61. The van der Waals surface area contributed by atoms with E-state index in [1.807, 2.05) is 31.2 Å². The van der Waals surface area contributed by atoms with Crippen LogP contribution in [0.15, 0.2) is 41.4 Å². The predicted octanol–water partition coefficient (Wildman–Crippen LogP) is 2.74. The van der Waals surface area contributed by atoms with Crippen LogP contribution in [0.5, 0.6) is 5.75 Å². The molecule has 27 heavy (non-hydrogen) atoms. The summed E-state index contributed by atoms with van der Waals surface area (Å²) < 4.78 is 10.7. The quantitative estimate of drug-likeness (QED) is 0.174. The molecule has 0 aromatic heterocycles. The van der Waals surface area contributed by atoms with Gasteiger partial charge in [0.2, 0.25) is 5.91 Å². The van der Waals surface area contributed by atoms with Gasteiger partial charge in [-0.3, -0.25) is 4.79 Å². The summed E-state index contributed by atoms with van der Waals surface area (Å²) in [5, 5.41) is 6.35. The molecule has 0 saturated carbocycles. The van der Waals surface area contributed by atoms with E-state index in [9.17, 15) is 4.79 Å². The van der Waals surface area contributed by atoms with Gasteiger partial charge in [0.25, 0.3) is 0 Å². The van der Waals surface area contributed by atoms with Crippen molar-refractivity contribution in [2.24, 2.45) is 4.99 Å². The Hall–Kier alpha value is -1.81. The van der Waals surface area contributed by atoms with Crippen molar-refractivity contribution in [2.75, 3.05) is 52.8 Å². The van der Waals surface area contributed by atoms with Gasteiger partial charge in [0.1, 0.15) is 12.3 Å². The molecule has 1 aromatic rings. The van der Waals surface area contributed by atoms with Crippen molar-refractivity contribution in [1.82, 2.24) is 10.2 Å². The molecule has 0 fully saturated rings. The highest BCUT2D eigenvalue weighted by molar-refractivity contribution is 14.0. The lowest BCUT2D eigenvalue weighted by Gasteiger charge is -2.14. The maximum atomic E-state index is 11.8. The number of carbonyl (C=O) groups is 1. The summed E-state index contributed by atoms with van der Waals surface area (Å²) in [5.74, 6) is 1.20. The van der Waals surface area contributed by atoms with Crippen LogP contribution in [0, 0.1) is 0 Å². The minimum absolute atomic E-state index is 0. The standard InChI is InChI=1S/C19H30N4O3.HI/c1-15(2)13-20-19(21-14-18(24)23(3)4)22-16-8-6-9-17(12-16)26-11-7-10-25-5;/h6,8-9,12H,1,7,10-11,13-14H2,2-5H3,(H2,20,21,22);1H. The first-order chi connectivity index (χ1) is 12.4. The fourth-order valence-electron chi connectivity index (χ4n) is 1.86. The summed E-state index contributed by atoms with van der Waals surface area (Å²) >= 11 is 0. The van der Waals surface area contributed by atoms with E-state index < -0.39 is 0 Å². The van der Waals surface area contributed by atoms with Gasteiger partial charge in [0.15, 0.2) is 5.96 Å². The molecule has 0 aliphatic carbocycles. The van der Waals surface area contributed by atoms with Gasteiger partial charge in [-0.05, 0) is 19.1 Å². The monoisotopic (exact) mass is 490 g/mol. The van der Waals surface area contributed by atoms with Crippen LogP contribution in [0.1, 0.15) is 13.3 Å². The number of rotatable bonds is 10. The Morgan fingerprint density at radius 1 is 1.30 bits per heavy atom. The van der Waals surface area contributed by atoms with E-state index in [4.69, 9.17) is 9.47 Å². The van der Waals surface area contributed by atoms with Gasteiger partial charge in [-0.2, -0.15) is 0 Å². The number of benzene rings is 1. The van der Waals surface area contributed by atoms with Crippen molar-refractivity contribution >= 4 is 41.5 Å². The van der Waals surface area contributed by atoms with Gasteiger partial charge in [-0.15, -0.1) is 24.0 Å². The number of nitrogens with one attached hydrogen (secondary N) is 2. The Balaban J connectivity index is 0.00000676. The number of anilines is 1. The summed E-state index contributed by atoms with van der Waals surface area (Å²) in [5.41, 5.74) is 1.79. The fraction of sp³-hybridized carbons (Fsp3) is 0.474. The molecule has 0 unspecified atom stereocenters. The lowest BCUT2D eigenvalue weighted by molar-refractivity contribution is -0.127. The number of amides is 1. The van der Waals surface area contributed by atoms with Crippen LogP contribution in [-0.4, -0.2) is 64.3 Å². The normalized spacial score (nSPS) is 10.6. The number of guanidine groups is 1. The van der Waals surface area contributed by atoms with Crippen molar-refractivity contribution in [3.05, 3.63) is 36.4 Å². The Bertz CT molecular complexity index is 621. The van der Waals surface area contributed by atoms with E-state index in [-0.39, 0.29) is 36.4 Å². The van der Waals surface area contributed by atoms with Crippen molar-refractivity contribution in [3.8, 4) is 5.75 Å². The van der Waals surface area contributed by atoms with Gasteiger partial charge in [-0.25, -0.2) is 4.99 Å². The third-order valence-corrected chi connectivity index (χ3v) is 3.29. The van der Waals surface area contributed by atoms with Gasteiger partial charge in [0, 0.05) is 52.5 Å². The van der Waals surface area contributed by atoms with Gasteiger partial charge >= 0.3 is 0 Å². The summed E-state index contributed by atoms with van der Waals surface area (Å²) in [7, 11) is 5.08. The Morgan fingerprint density at radius 3 is 2.67 bits per heavy atom. The zero-order valence-electron chi connectivity index (χ0n) is 16.6. The highest BCUT2D eigenvalue weighted by Crippen LogP contribution is 2.17. The van der Waals surface area contributed by atoms with Gasteiger partial charge in [-0.1, -0.05) is 18.2 Å². The molecule has 0 aliphatic heterocycles. The first kappa shape index (κ1) is 25.2. The Labute approximate surface area is 179 Å². The lowest BCUT2D eigenvalue weighted by Crippen LogP contribution is -2.34. The maximum Gasteiger partial charge on any atom is 0.243 e. The van der Waals surface area contributed by atoms with Crippen molar-refractivity contribution in [2.45, 2.75) is 13.3 Å². The number of aliphatic imine (C=N–C) groups is 1. The Kier molecular flexibility index (Phi) is 13.3. The fourth-order valence-corrected chi connectivity index (χ4v) is 1.86. The molecule has 8 heteroatoms. The van der Waals surface area contributed by atoms with E-state index in [0.29, 0.717) is 25.7 Å². The van der Waals surface area contributed by atoms with Crippen LogP contribution < -0.4 is 15.4 Å². The van der Waals surface area contributed by atoms with E-state index in [2.05, 4.69) is 22.2 Å². The Morgan fingerprint density at radius 2 is 2.04 bits per heavy atom. The van der Waals surface area contributed by atoms with Crippen LogP contribution in [0.4, 0.5) is 5.69 Å². The predicted molar refractivity (Wildman–Crippen MR) is 121 cm³/mol. The summed E-state index contributed by atoms with van der Waals surface area (Å²) in [6.07, 6.45) is 0.827. The number of carbonyl (C=O) groups excluding carboxylic acids is 1. The minimum Gasteiger partial charge on any atom is -0.493 e. The van der Waals surface area contributed by atoms with Crippen LogP contribution in [0.3, 0.4) is 0 Å². The summed E-state index contributed by atoms with van der Waals surface area (Å²) in [4.78, 5) is 17.6. The molecule has 7 nitrogen and oxygen atoms in total. The van der Waals surface area contributed by atoms with Gasteiger partial charge in [0.05, 0.1) is 6.61 Å². The number of hydrogen-bond acceptors (Lipinski definition) is 4. The number of ether oxygens (including phenoxy) is 2. The van der Waals surface area contributed by atoms with E-state index in [1.54, 1.807) is 21.2 Å². The van der Waals surface area contributed by atoms with Crippen LogP contribution in [0.2, 0.25) is 0 Å². The number of nitrogens with zero attached hydrogens (tertiary/aromatic N) is 2. The smallest absolute Gasteiger partial charge is 0.243 e. The largest absolute Gasteiger partial charge is 0.493 e. The van der Waals surface area contributed by atoms with E-state index in [1.165, 1.54) is 4.90 Å². The number of hydrogen-bond donors (Lipinski definition) is 2. The molecule has 0 spiro atoms. The SMILES string of the molecule is C=C(C)CNC(=NCC(=O)N(C)C)Nc1cccc(OCCCOC)c1.I. The third kappa shape index (κ3) is 11.5. The van der Waals surface area contributed by atoms with Gasteiger partial charge < -0.3 is 25.0 Å². The number of methoxy groups -OCH3 is 1. The topological polar surface area (TPSA) is 75.2 Å². The zero-order valence-corrected chi connectivity index (χ0v) is 18.9. The summed E-state index contributed by atoms with van der Waals surface area (Å²) in [6.45, 7) is 7.67. The molecule has 2 N–H and O–H groups in total. The molecular weight excluding hydrogens is 459 g/mol. The molecule has 0 aliphatic rings. The average molecular weight is 490 g/mol. The first-order valence-corrected chi connectivity index (χ1v) is 8.54. The third-order valence-electron chi connectivity index (χ3n) is 3.29. The highest BCUT2D eigenvalue weighted by atomic mass is 127. The maximum absolute atomic E-state index is 11.8. The van der Waals surface area contributed by atoms with Crippen LogP contribution in [-0.2, 0) is 9.53 Å². The first-order valence-electron chi connectivity index (χ1n) is 8.54. The molecule has 1 amide bonds. The van der Waals surface area contributed by atoms with E-state index >= 15 is 0 Å². The van der Waals surface area contributed by atoms with Crippen LogP contribution >= 0.6 is 24.0 Å². The molecule has 0 radical (unpaired) electrons. The second-order valence-electron chi connectivity index (χ2n) is 6.11. The van der Waals surface area contributed by atoms with Crippen LogP contribution in [0.25, 0.3) is 0 Å². The second-order valence-corrected chi connectivity index (χ2v) is 6.11. The second kappa shape index (κ2) is 14.3. The molecule has 1 rings (SSSR count). The zero-order chi connectivity index (χ0) is 19.4. The summed E-state index contributed by atoms with van der Waals surface area (Å²) in [6, 6.07) is 7.59.